The Morgan fingerprint density at radius 3 is 1.13 bits per heavy atom. The van der Waals surface area contributed by atoms with Gasteiger partial charge in [-0.15, -0.1) is 0 Å². The number of benzene rings is 8. The second-order valence-corrected chi connectivity index (χ2v) is 19.6. The van der Waals surface area contributed by atoms with Crippen molar-refractivity contribution in [2.45, 2.75) is 51.4 Å². The van der Waals surface area contributed by atoms with E-state index in [2.05, 4.69) is 217 Å². The minimum Gasteiger partial charge on any atom is -0.308 e. The second kappa shape index (κ2) is 15.8. The maximum absolute atomic E-state index is 5.83. The van der Waals surface area contributed by atoms with Gasteiger partial charge >= 0.3 is 0 Å². The lowest BCUT2D eigenvalue weighted by Gasteiger charge is -2.49. The molecule has 3 aromatic heterocycles. The average molecular weight is 866 g/mol. The van der Waals surface area contributed by atoms with E-state index in [-0.39, 0.29) is 5.41 Å². The SMILES string of the molecule is C[C@@H]1CC2C[C@H](C)CC(c3nc(-c4cccc(-c5ccccc5)c4-n4c5ccccc5c5ccccc54)nc(-c4cccc(-c5ccccc5)c4-n4c5ccccc5c5ccccc54)n3)(C2)C1. The quantitative estimate of drug-likeness (QED) is 0.160. The lowest BCUT2D eigenvalue weighted by atomic mass is 9.56. The molecule has 5 heteroatoms. The first-order valence-electron chi connectivity index (χ1n) is 24.1. The van der Waals surface area contributed by atoms with Crippen LogP contribution in [0, 0.1) is 17.8 Å². The van der Waals surface area contributed by atoms with Gasteiger partial charge in [0.15, 0.2) is 11.6 Å². The van der Waals surface area contributed by atoms with Gasteiger partial charge in [0.2, 0.25) is 0 Å². The monoisotopic (exact) mass is 865 g/mol. The van der Waals surface area contributed by atoms with Crippen LogP contribution in [0.5, 0.6) is 0 Å². The highest BCUT2D eigenvalue weighted by atomic mass is 15.1. The van der Waals surface area contributed by atoms with Crippen LogP contribution in [0.15, 0.2) is 194 Å². The van der Waals surface area contributed by atoms with Gasteiger partial charge in [-0.05, 0) is 97.4 Å². The van der Waals surface area contributed by atoms with Crippen LogP contribution < -0.4 is 0 Å². The molecule has 3 heterocycles. The molecule has 2 fully saturated rings. The van der Waals surface area contributed by atoms with E-state index in [1.165, 1.54) is 34.4 Å². The predicted molar refractivity (Wildman–Crippen MR) is 277 cm³/mol. The summed E-state index contributed by atoms with van der Waals surface area (Å²) in [4.78, 5) is 17.4. The largest absolute Gasteiger partial charge is 0.308 e. The molecule has 2 aliphatic carbocycles. The fourth-order valence-corrected chi connectivity index (χ4v) is 12.8. The third kappa shape index (κ3) is 6.47. The molecule has 0 N–H and O–H groups in total. The Morgan fingerprint density at radius 2 is 0.731 bits per heavy atom. The smallest absolute Gasteiger partial charge is 0.165 e. The van der Waals surface area contributed by atoms with Crippen LogP contribution in [-0.4, -0.2) is 24.1 Å². The zero-order valence-electron chi connectivity index (χ0n) is 38.0. The molecule has 0 radical (unpaired) electrons. The second-order valence-electron chi connectivity index (χ2n) is 19.6. The summed E-state index contributed by atoms with van der Waals surface area (Å²) in [5, 5.41) is 4.87. The van der Waals surface area contributed by atoms with Crippen molar-refractivity contribution < 1.29 is 0 Å². The molecule has 11 aromatic rings. The van der Waals surface area contributed by atoms with Crippen LogP contribution >= 0.6 is 0 Å². The molecular weight excluding hydrogens is 815 g/mol. The number of aromatic nitrogens is 5. The fourth-order valence-electron chi connectivity index (χ4n) is 12.8. The van der Waals surface area contributed by atoms with Crippen molar-refractivity contribution >= 4 is 43.6 Å². The summed E-state index contributed by atoms with van der Waals surface area (Å²) in [6.45, 7) is 4.90. The molecule has 2 aliphatic rings. The van der Waals surface area contributed by atoms with Gasteiger partial charge in [-0.1, -0.05) is 172 Å². The van der Waals surface area contributed by atoms with Gasteiger partial charge in [-0.2, -0.15) is 0 Å². The third-order valence-electron chi connectivity index (χ3n) is 15.1. The van der Waals surface area contributed by atoms with Crippen molar-refractivity contribution in [2.24, 2.45) is 17.8 Å². The molecule has 0 spiro atoms. The number of hydrogen-bond donors (Lipinski definition) is 0. The third-order valence-corrected chi connectivity index (χ3v) is 15.1. The topological polar surface area (TPSA) is 48.5 Å². The van der Waals surface area contributed by atoms with Gasteiger partial charge < -0.3 is 9.13 Å². The van der Waals surface area contributed by atoms with Crippen LogP contribution in [0.3, 0.4) is 0 Å². The molecule has 5 nitrogen and oxygen atoms in total. The van der Waals surface area contributed by atoms with Crippen molar-refractivity contribution in [3.05, 3.63) is 200 Å². The van der Waals surface area contributed by atoms with Crippen LogP contribution in [-0.2, 0) is 5.41 Å². The summed E-state index contributed by atoms with van der Waals surface area (Å²) >= 11 is 0. The van der Waals surface area contributed by atoms with Gasteiger partial charge in [-0.3, -0.25) is 0 Å². The maximum Gasteiger partial charge on any atom is 0.165 e. The van der Waals surface area contributed by atoms with Crippen molar-refractivity contribution in [3.63, 3.8) is 0 Å². The number of rotatable bonds is 7. The van der Waals surface area contributed by atoms with Crippen molar-refractivity contribution in [3.8, 4) is 56.4 Å². The minimum atomic E-state index is -0.166. The predicted octanol–water partition coefficient (Wildman–Crippen LogP) is 15.8. The average Bonchev–Trinajstić information content (AvgIpc) is 3.88. The van der Waals surface area contributed by atoms with Crippen LogP contribution in [0.2, 0.25) is 0 Å². The Morgan fingerprint density at radius 1 is 0.373 bits per heavy atom. The molecule has 67 heavy (non-hydrogen) atoms. The number of fused-ring (bicyclic) bond motifs is 8. The normalized spacial score (nSPS) is 19.4. The maximum atomic E-state index is 5.83. The minimum absolute atomic E-state index is 0.166. The van der Waals surface area contributed by atoms with Crippen molar-refractivity contribution in [1.82, 2.24) is 24.1 Å². The van der Waals surface area contributed by atoms with E-state index in [1.807, 2.05) is 0 Å². The fraction of sp³-hybridized carbons (Fsp3) is 0.177. The van der Waals surface area contributed by atoms with Crippen molar-refractivity contribution in [1.29, 1.82) is 0 Å². The van der Waals surface area contributed by atoms with E-state index in [1.54, 1.807) is 0 Å². The summed E-state index contributed by atoms with van der Waals surface area (Å²) < 4.78 is 4.93. The first-order chi connectivity index (χ1) is 33.0. The Labute approximate surface area is 391 Å². The lowest BCUT2D eigenvalue weighted by molar-refractivity contribution is 0.0720. The molecule has 324 valence electrons. The van der Waals surface area contributed by atoms with Gasteiger partial charge in [0.1, 0.15) is 5.82 Å². The first kappa shape index (κ1) is 39.7. The molecule has 0 amide bonds. The molecule has 2 saturated carbocycles. The summed E-state index contributed by atoms with van der Waals surface area (Å²) in [7, 11) is 0. The van der Waals surface area contributed by atoms with E-state index in [4.69, 9.17) is 15.0 Å². The Balaban J connectivity index is 1.16. The number of para-hydroxylation sites is 6. The zero-order chi connectivity index (χ0) is 44.6. The molecule has 2 unspecified atom stereocenters. The van der Waals surface area contributed by atoms with Crippen LogP contribution in [0.1, 0.15) is 51.8 Å². The molecule has 0 aliphatic heterocycles. The zero-order valence-corrected chi connectivity index (χ0v) is 38.0. The Kier molecular flexibility index (Phi) is 9.35. The molecule has 2 bridgehead atoms. The van der Waals surface area contributed by atoms with E-state index >= 15 is 0 Å². The summed E-state index contributed by atoms with van der Waals surface area (Å²) in [5.74, 6) is 4.16. The lowest BCUT2D eigenvalue weighted by Crippen LogP contribution is -2.43. The highest BCUT2D eigenvalue weighted by molar-refractivity contribution is 6.12. The van der Waals surface area contributed by atoms with Gasteiger partial charge in [0, 0.05) is 49.2 Å². The summed E-state index contributed by atoms with van der Waals surface area (Å²) in [6, 6.07) is 70.2. The van der Waals surface area contributed by atoms with Crippen LogP contribution in [0.25, 0.3) is 100 Å². The Hall–Kier alpha value is -7.63. The summed E-state index contributed by atoms with van der Waals surface area (Å²) in [5.41, 5.74) is 13.1. The molecule has 0 saturated heterocycles. The van der Waals surface area contributed by atoms with E-state index < -0.39 is 0 Å². The van der Waals surface area contributed by atoms with E-state index in [0.717, 1.165) is 91.9 Å². The molecule has 13 rings (SSSR count). The van der Waals surface area contributed by atoms with Gasteiger partial charge in [0.25, 0.3) is 0 Å². The molecular formula is C62H51N5. The molecule has 4 atom stereocenters. The van der Waals surface area contributed by atoms with Gasteiger partial charge in [-0.25, -0.2) is 15.0 Å². The number of nitrogens with zero attached hydrogens (tertiary/aromatic N) is 5. The standard InChI is InChI=1S/C62H51N5/c1-40-35-42-36-41(2)38-62(37-40,39-42)61-64-59(51-29-17-27-45(43-19-5-3-6-20-43)57(51)66-53-31-13-9-23-47(53)48-24-10-14-32-54(48)66)63-60(65-61)52-30-18-28-46(44-21-7-4-8-22-44)58(52)67-55-33-15-11-25-49(55)50-26-12-16-34-56(50)67/h3-34,40-42H,35-39H2,1-2H3/t40-,41+,42?,62?. The summed E-state index contributed by atoms with van der Waals surface area (Å²) in [6.07, 6.45) is 5.79. The van der Waals surface area contributed by atoms with Crippen molar-refractivity contribution in [2.75, 3.05) is 0 Å². The van der Waals surface area contributed by atoms with Gasteiger partial charge in [0.05, 0.1) is 33.4 Å². The highest BCUT2D eigenvalue weighted by Gasteiger charge is 2.48. The first-order valence-corrected chi connectivity index (χ1v) is 24.1. The number of hydrogen-bond acceptors (Lipinski definition) is 3. The van der Waals surface area contributed by atoms with Crippen LogP contribution in [0.4, 0.5) is 0 Å². The van der Waals surface area contributed by atoms with E-state index in [0.29, 0.717) is 29.4 Å². The molecule has 8 aromatic carbocycles. The Bertz CT molecular complexity index is 3330. The highest BCUT2D eigenvalue weighted by Crippen LogP contribution is 2.54. The van der Waals surface area contributed by atoms with E-state index in [9.17, 15) is 0 Å².